The quantitative estimate of drug-likeness (QED) is 0.881. The Morgan fingerprint density at radius 1 is 1.30 bits per heavy atom. The average Bonchev–Trinajstić information content (AvgIpc) is 3.09. The Kier molecular flexibility index (Phi) is 4.03. The van der Waals surface area contributed by atoms with Gasteiger partial charge >= 0.3 is 0 Å². The van der Waals surface area contributed by atoms with Gasteiger partial charge in [-0.15, -0.1) is 0 Å². The fourth-order valence-electron chi connectivity index (χ4n) is 2.43. The summed E-state index contributed by atoms with van der Waals surface area (Å²) in [5.74, 6) is 1.51. The van der Waals surface area contributed by atoms with E-state index in [-0.39, 0.29) is 12.0 Å². The van der Waals surface area contributed by atoms with Gasteiger partial charge in [-0.3, -0.25) is 4.98 Å². The molecule has 0 aromatic carbocycles. The minimum absolute atomic E-state index is 0.147. The lowest BCUT2D eigenvalue weighted by Crippen LogP contribution is -2.34. The summed E-state index contributed by atoms with van der Waals surface area (Å²) < 4.78 is 10.9. The van der Waals surface area contributed by atoms with Gasteiger partial charge in [0.2, 0.25) is 5.89 Å². The average molecular weight is 274 g/mol. The maximum Gasteiger partial charge on any atom is 0.233 e. The molecule has 1 fully saturated rings. The van der Waals surface area contributed by atoms with Crippen LogP contribution >= 0.6 is 0 Å². The Balaban J connectivity index is 1.70. The Morgan fingerprint density at radius 2 is 2.15 bits per heavy atom. The maximum atomic E-state index is 5.51. The first-order valence-electron chi connectivity index (χ1n) is 6.89. The van der Waals surface area contributed by atoms with E-state index in [2.05, 4.69) is 27.4 Å². The zero-order chi connectivity index (χ0) is 13.8. The first-order valence-corrected chi connectivity index (χ1v) is 6.89. The summed E-state index contributed by atoms with van der Waals surface area (Å²) >= 11 is 0. The van der Waals surface area contributed by atoms with Gasteiger partial charge in [-0.2, -0.15) is 4.98 Å². The van der Waals surface area contributed by atoms with E-state index in [0.717, 1.165) is 12.1 Å². The third kappa shape index (κ3) is 2.86. The van der Waals surface area contributed by atoms with Crippen LogP contribution in [0.25, 0.3) is 0 Å². The van der Waals surface area contributed by atoms with Crippen molar-refractivity contribution in [3.05, 3.63) is 41.8 Å². The third-order valence-corrected chi connectivity index (χ3v) is 3.46. The number of pyridine rings is 1. The molecule has 3 rings (SSSR count). The van der Waals surface area contributed by atoms with Gasteiger partial charge in [0.1, 0.15) is 0 Å². The molecule has 6 nitrogen and oxygen atoms in total. The van der Waals surface area contributed by atoms with Crippen molar-refractivity contribution in [1.29, 1.82) is 0 Å². The molecule has 0 saturated carbocycles. The van der Waals surface area contributed by atoms with Crippen LogP contribution in [0.15, 0.2) is 29.0 Å². The second-order valence-corrected chi connectivity index (χ2v) is 4.89. The first kappa shape index (κ1) is 13.2. The summed E-state index contributed by atoms with van der Waals surface area (Å²) in [4.78, 5) is 8.50. The molecule has 2 unspecified atom stereocenters. The first-order chi connectivity index (χ1) is 9.86. The SMILES string of the molecule is CCNC1COCC1c1nc(Cc2ccncc2)no1. The van der Waals surface area contributed by atoms with E-state index in [1.807, 2.05) is 12.1 Å². The summed E-state index contributed by atoms with van der Waals surface area (Å²) in [6.07, 6.45) is 4.19. The number of nitrogens with zero attached hydrogens (tertiary/aromatic N) is 3. The van der Waals surface area contributed by atoms with Crippen LogP contribution in [0.2, 0.25) is 0 Å². The molecule has 6 heteroatoms. The second kappa shape index (κ2) is 6.11. The minimum atomic E-state index is 0.147. The Morgan fingerprint density at radius 3 is 2.95 bits per heavy atom. The van der Waals surface area contributed by atoms with E-state index in [1.54, 1.807) is 12.4 Å². The lowest BCUT2D eigenvalue weighted by molar-refractivity contribution is 0.185. The Bertz CT molecular complexity index is 543. The highest BCUT2D eigenvalue weighted by molar-refractivity contribution is 5.15. The fourth-order valence-corrected chi connectivity index (χ4v) is 2.43. The molecule has 0 bridgehead atoms. The molecule has 2 aromatic rings. The number of aromatic nitrogens is 3. The molecule has 20 heavy (non-hydrogen) atoms. The largest absolute Gasteiger partial charge is 0.379 e. The Labute approximate surface area is 117 Å². The van der Waals surface area contributed by atoms with Crippen LogP contribution in [0, 0.1) is 0 Å². The fraction of sp³-hybridized carbons (Fsp3) is 0.500. The summed E-state index contributed by atoms with van der Waals surface area (Å²) in [6.45, 7) is 4.32. The minimum Gasteiger partial charge on any atom is -0.379 e. The third-order valence-electron chi connectivity index (χ3n) is 3.46. The zero-order valence-electron chi connectivity index (χ0n) is 11.5. The van der Waals surface area contributed by atoms with Crippen molar-refractivity contribution in [2.75, 3.05) is 19.8 Å². The molecule has 1 N–H and O–H groups in total. The van der Waals surface area contributed by atoms with Gasteiger partial charge in [0.05, 0.1) is 19.1 Å². The van der Waals surface area contributed by atoms with E-state index >= 15 is 0 Å². The molecule has 1 aliphatic heterocycles. The molecule has 2 atom stereocenters. The maximum absolute atomic E-state index is 5.51. The molecule has 0 spiro atoms. The summed E-state index contributed by atoms with van der Waals surface area (Å²) in [6, 6.07) is 4.17. The van der Waals surface area contributed by atoms with E-state index in [1.165, 1.54) is 0 Å². The highest BCUT2D eigenvalue weighted by Gasteiger charge is 2.33. The molecular formula is C14H18N4O2. The summed E-state index contributed by atoms with van der Waals surface area (Å²) in [5, 5.41) is 7.45. The second-order valence-electron chi connectivity index (χ2n) is 4.89. The topological polar surface area (TPSA) is 73.1 Å². The number of ether oxygens (including phenoxy) is 1. The van der Waals surface area contributed by atoms with Gasteiger partial charge in [0, 0.05) is 24.9 Å². The predicted molar refractivity (Wildman–Crippen MR) is 72.4 cm³/mol. The number of rotatable bonds is 5. The molecule has 3 heterocycles. The van der Waals surface area contributed by atoms with Crippen LogP contribution in [0.4, 0.5) is 0 Å². The van der Waals surface area contributed by atoms with Crippen LogP contribution in [0.3, 0.4) is 0 Å². The van der Waals surface area contributed by atoms with Crippen molar-refractivity contribution in [2.24, 2.45) is 0 Å². The van der Waals surface area contributed by atoms with Crippen molar-refractivity contribution in [2.45, 2.75) is 25.3 Å². The number of hydrogen-bond acceptors (Lipinski definition) is 6. The van der Waals surface area contributed by atoms with Crippen molar-refractivity contribution < 1.29 is 9.26 Å². The van der Waals surface area contributed by atoms with Crippen LogP contribution in [-0.4, -0.2) is 40.9 Å². The van der Waals surface area contributed by atoms with Gasteiger partial charge in [-0.05, 0) is 24.2 Å². The lowest BCUT2D eigenvalue weighted by atomic mass is 10.0. The van der Waals surface area contributed by atoms with Crippen LogP contribution in [-0.2, 0) is 11.2 Å². The molecule has 0 radical (unpaired) electrons. The zero-order valence-corrected chi connectivity index (χ0v) is 11.5. The monoisotopic (exact) mass is 274 g/mol. The smallest absolute Gasteiger partial charge is 0.233 e. The van der Waals surface area contributed by atoms with E-state index in [0.29, 0.717) is 31.3 Å². The summed E-state index contributed by atoms with van der Waals surface area (Å²) in [5.41, 5.74) is 1.12. The number of nitrogens with one attached hydrogen (secondary N) is 1. The van der Waals surface area contributed by atoms with E-state index in [9.17, 15) is 0 Å². The molecule has 0 aliphatic carbocycles. The van der Waals surface area contributed by atoms with Gasteiger partial charge in [-0.25, -0.2) is 0 Å². The van der Waals surface area contributed by atoms with Crippen molar-refractivity contribution >= 4 is 0 Å². The molecule has 2 aromatic heterocycles. The molecule has 1 aliphatic rings. The highest BCUT2D eigenvalue weighted by atomic mass is 16.5. The highest BCUT2D eigenvalue weighted by Crippen LogP contribution is 2.24. The standard InChI is InChI=1S/C14H18N4O2/c1-2-16-12-9-19-8-11(12)14-17-13(18-20-14)7-10-3-5-15-6-4-10/h3-6,11-12,16H,2,7-9H2,1H3. The lowest BCUT2D eigenvalue weighted by Gasteiger charge is -2.13. The van der Waals surface area contributed by atoms with Gasteiger partial charge < -0.3 is 14.6 Å². The van der Waals surface area contributed by atoms with Crippen molar-refractivity contribution in [3.63, 3.8) is 0 Å². The normalized spacial score (nSPS) is 22.2. The number of hydrogen-bond donors (Lipinski definition) is 1. The van der Waals surface area contributed by atoms with Gasteiger partial charge in [-0.1, -0.05) is 12.1 Å². The summed E-state index contributed by atoms with van der Waals surface area (Å²) in [7, 11) is 0. The Hall–Kier alpha value is -1.79. The van der Waals surface area contributed by atoms with Crippen molar-refractivity contribution in [3.8, 4) is 0 Å². The molecule has 106 valence electrons. The molecular weight excluding hydrogens is 256 g/mol. The van der Waals surface area contributed by atoms with Crippen molar-refractivity contribution in [1.82, 2.24) is 20.4 Å². The molecule has 1 saturated heterocycles. The van der Waals surface area contributed by atoms with Crippen LogP contribution < -0.4 is 5.32 Å². The van der Waals surface area contributed by atoms with Gasteiger partial charge in [0.25, 0.3) is 0 Å². The van der Waals surface area contributed by atoms with Gasteiger partial charge in [0.15, 0.2) is 5.82 Å². The predicted octanol–water partition coefficient (Wildman–Crippen LogP) is 1.15. The van der Waals surface area contributed by atoms with E-state index < -0.39 is 0 Å². The van der Waals surface area contributed by atoms with Crippen LogP contribution in [0.5, 0.6) is 0 Å². The van der Waals surface area contributed by atoms with Crippen LogP contribution in [0.1, 0.15) is 30.1 Å². The molecule has 0 amide bonds. The van der Waals surface area contributed by atoms with E-state index in [4.69, 9.17) is 9.26 Å². The number of likely N-dealkylation sites (N-methyl/N-ethyl adjacent to an activating group) is 1.